The molecule has 152 valence electrons. The fourth-order valence-electron chi connectivity index (χ4n) is 3.60. The minimum atomic E-state index is -3.45. The van der Waals surface area contributed by atoms with Gasteiger partial charge in [-0.1, -0.05) is 36.4 Å². The topological polar surface area (TPSA) is 66.5 Å². The molecule has 1 saturated heterocycles. The number of nitrogens with zero attached hydrogens (tertiary/aromatic N) is 1. The molecule has 0 aliphatic carbocycles. The molecule has 0 bridgehead atoms. The van der Waals surface area contributed by atoms with Crippen LogP contribution in [0.2, 0.25) is 0 Å². The van der Waals surface area contributed by atoms with Gasteiger partial charge in [-0.15, -0.1) is 11.3 Å². The van der Waals surface area contributed by atoms with Crippen molar-refractivity contribution in [2.75, 3.05) is 13.1 Å². The van der Waals surface area contributed by atoms with Crippen LogP contribution in [0.25, 0.3) is 0 Å². The van der Waals surface area contributed by atoms with Crippen LogP contribution in [0.5, 0.6) is 0 Å². The number of amides is 1. The Morgan fingerprint density at radius 2 is 1.76 bits per heavy atom. The molecule has 1 amide bonds. The number of benzene rings is 1. The summed E-state index contributed by atoms with van der Waals surface area (Å²) in [5.41, 5.74) is 2.10. The summed E-state index contributed by atoms with van der Waals surface area (Å²) < 4.78 is 27.2. The van der Waals surface area contributed by atoms with Gasteiger partial charge >= 0.3 is 0 Å². The molecule has 1 fully saturated rings. The van der Waals surface area contributed by atoms with E-state index in [0.717, 1.165) is 11.1 Å². The van der Waals surface area contributed by atoms with Crippen LogP contribution < -0.4 is 5.32 Å². The molecular formula is C21H22N2O3S3. The number of hydrogen-bond acceptors (Lipinski definition) is 5. The van der Waals surface area contributed by atoms with Crippen LogP contribution in [0, 0.1) is 5.92 Å². The maximum absolute atomic E-state index is 13.0. The number of sulfonamides is 1. The molecule has 1 unspecified atom stereocenters. The van der Waals surface area contributed by atoms with Gasteiger partial charge in [0.2, 0.25) is 5.91 Å². The van der Waals surface area contributed by atoms with Gasteiger partial charge in [0.25, 0.3) is 10.0 Å². The van der Waals surface area contributed by atoms with Gasteiger partial charge in [-0.05, 0) is 52.2 Å². The average Bonchev–Trinajstić information content (AvgIpc) is 3.47. The highest BCUT2D eigenvalue weighted by Crippen LogP contribution is 2.28. The van der Waals surface area contributed by atoms with Crippen molar-refractivity contribution in [1.29, 1.82) is 0 Å². The molecule has 1 atom stereocenters. The lowest BCUT2D eigenvalue weighted by atomic mass is 9.95. The second-order valence-electron chi connectivity index (χ2n) is 7.02. The second-order valence-corrected chi connectivity index (χ2v) is 10.9. The summed E-state index contributed by atoms with van der Waals surface area (Å²) in [5.74, 6) is -0.201. The van der Waals surface area contributed by atoms with Crippen molar-refractivity contribution in [3.8, 4) is 0 Å². The fourth-order valence-corrected chi connectivity index (χ4v) is 6.90. The molecule has 3 aromatic rings. The number of carbonyl (C=O) groups excluding carboxylic acids is 1. The number of nitrogens with one attached hydrogen (secondary N) is 1. The molecule has 0 saturated carbocycles. The van der Waals surface area contributed by atoms with Crippen LogP contribution in [0.1, 0.15) is 30.0 Å². The number of piperidine rings is 1. The fraction of sp³-hybridized carbons (Fsp3) is 0.286. The molecule has 3 heterocycles. The summed E-state index contributed by atoms with van der Waals surface area (Å²) in [6, 6.07) is 15.1. The van der Waals surface area contributed by atoms with E-state index in [4.69, 9.17) is 0 Å². The predicted molar refractivity (Wildman–Crippen MR) is 117 cm³/mol. The van der Waals surface area contributed by atoms with Crippen LogP contribution in [0.15, 0.2) is 68.9 Å². The Morgan fingerprint density at radius 3 is 2.38 bits per heavy atom. The van der Waals surface area contributed by atoms with Crippen LogP contribution >= 0.6 is 22.7 Å². The van der Waals surface area contributed by atoms with Gasteiger partial charge in [-0.2, -0.15) is 15.6 Å². The lowest BCUT2D eigenvalue weighted by Crippen LogP contribution is -2.43. The first-order valence-electron chi connectivity index (χ1n) is 9.47. The van der Waals surface area contributed by atoms with Gasteiger partial charge in [-0.3, -0.25) is 4.79 Å². The Morgan fingerprint density at radius 1 is 1.00 bits per heavy atom. The third-order valence-electron chi connectivity index (χ3n) is 5.21. The molecule has 29 heavy (non-hydrogen) atoms. The van der Waals surface area contributed by atoms with Crippen molar-refractivity contribution in [1.82, 2.24) is 9.62 Å². The Balaban J connectivity index is 1.43. The smallest absolute Gasteiger partial charge is 0.252 e. The Hall–Kier alpha value is -2.00. The third kappa shape index (κ3) is 4.45. The molecule has 1 aromatic carbocycles. The highest BCUT2D eigenvalue weighted by atomic mass is 32.2. The number of hydrogen-bond donors (Lipinski definition) is 1. The second kappa shape index (κ2) is 8.79. The van der Waals surface area contributed by atoms with Crippen LogP contribution in [0.3, 0.4) is 0 Å². The molecule has 1 aliphatic heterocycles. The summed E-state index contributed by atoms with van der Waals surface area (Å²) in [4.78, 5) is 13.0. The van der Waals surface area contributed by atoms with E-state index >= 15 is 0 Å². The van der Waals surface area contributed by atoms with E-state index < -0.39 is 10.0 Å². The van der Waals surface area contributed by atoms with Gasteiger partial charge in [0.1, 0.15) is 4.21 Å². The van der Waals surface area contributed by atoms with Gasteiger partial charge in [0.15, 0.2) is 0 Å². The summed E-state index contributed by atoms with van der Waals surface area (Å²) in [7, 11) is -3.45. The highest BCUT2D eigenvalue weighted by Gasteiger charge is 2.33. The van der Waals surface area contributed by atoms with Crippen molar-refractivity contribution >= 4 is 38.6 Å². The molecule has 8 heteroatoms. The summed E-state index contributed by atoms with van der Waals surface area (Å²) >= 11 is 2.83. The molecule has 0 spiro atoms. The lowest BCUT2D eigenvalue weighted by molar-refractivity contribution is -0.126. The van der Waals surface area contributed by atoms with E-state index in [1.807, 2.05) is 47.2 Å². The first kappa shape index (κ1) is 20.3. The van der Waals surface area contributed by atoms with Crippen molar-refractivity contribution in [3.63, 3.8) is 0 Å². The van der Waals surface area contributed by atoms with Gasteiger partial charge in [-0.25, -0.2) is 8.42 Å². The van der Waals surface area contributed by atoms with E-state index in [1.165, 1.54) is 15.6 Å². The molecule has 4 rings (SSSR count). The third-order valence-corrected chi connectivity index (χ3v) is 9.18. The number of thiophene rings is 2. The zero-order valence-corrected chi connectivity index (χ0v) is 18.2. The molecule has 0 radical (unpaired) electrons. The largest absolute Gasteiger partial charge is 0.345 e. The SMILES string of the molecule is O=C(NC(c1ccccc1)c1ccsc1)C1CCN(S(=O)(=O)c2cccs2)CC1. The number of rotatable bonds is 6. The Bertz CT molecular complexity index is 1020. The van der Waals surface area contributed by atoms with Crippen molar-refractivity contribution in [3.05, 3.63) is 75.8 Å². The van der Waals surface area contributed by atoms with E-state index in [9.17, 15) is 13.2 Å². The first-order chi connectivity index (χ1) is 14.1. The summed E-state index contributed by atoms with van der Waals surface area (Å²) in [5, 5.41) is 9.01. The molecule has 5 nitrogen and oxygen atoms in total. The molecule has 1 aliphatic rings. The summed E-state index contributed by atoms with van der Waals surface area (Å²) in [6.07, 6.45) is 1.06. The van der Waals surface area contributed by atoms with E-state index in [2.05, 4.69) is 5.32 Å². The maximum atomic E-state index is 13.0. The normalized spacial score (nSPS) is 17.1. The summed E-state index contributed by atoms with van der Waals surface area (Å²) in [6.45, 7) is 0.736. The van der Waals surface area contributed by atoms with Crippen LogP contribution in [-0.2, 0) is 14.8 Å². The Labute approximate surface area is 179 Å². The molecule has 2 aromatic heterocycles. The lowest BCUT2D eigenvalue weighted by Gasteiger charge is -2.31. The van der Waals surface area contributed by atoms with Crippen molar-refractivity contribution < 1.29 is 13.2 Å². The molecular weight excluding hydrogens is 424 g/mol. The maximum Gasteiger partial charge on any atom is 0.252 e. The van der Waals surface area contributed by atoms with Gasteiger partial charge < -0.3 is 5.32 Å². The first-order valence-corrected chi connectivity index (χ1v) is 12.7. The van der Waals surface area contributed by atoms with E-state index in [-0.39, 0.29) is 17.9 Å². The van der Waals surface area contributed by atoms with Crippen LogP contribution in [-0.4, -0.2) is 31.7 Å². The standard InChI is InChI=1S/C21H22N2O3S3/c24-21(22-20(18-10-14-27-15-18)16-5-2-1-3-6-16)17-8-11-23(12-9-17)29(25,26)19-7-4-13-28-19/h1-7,10,13-15,17,20H,8-9,11-12H2,(H,22,24). The number of carbonyl (C=O) groups is 1. The Kier molecular flexibility index (Phi) is 6.15. The average molecular weight is 447 g/mol. The quantitative estimate of drug-likeness (QED) is 0.619. The minimum Gasteiger partial charge on any atom is -0.345 e. The van der Waals surface area contributed by atoms with Crippen LogP contribution in [0.4, 0.5) is 0 Å². The van der Waals surface area contributed by atoms with E-state index in [1.54, 1.807) is 28.8 Å². The zero-order chi connectivity index (χ0) is 20.3. The predicted octanol–water partition coefficient (Wildman–Crippen LogP) is 4.12. The molecule has 1 N–H and O–H groups in total. The van der Waals surface area contributed by atoms with Crippen molar-refractivity contribution in [2.45, 2.75) is 23.1 Å². The zero-order valence-electron chi connectivity index (χ0n) is 15.7. The minimum absolute atomic E-state index is 0.0155. The van der Waals surface area contributed by atoms with Crippen molar-refractivity contribution in [2.24, 2.45) is 5.92 Å². The van der Waals surface area contributed by atoms with Gasteiger partial charge in [0, 0.05) is 19.0 Å². The highest BCUT2D eigenvalue weighted by molar-refractivity contribution is 7.91. The monoisotopic (exact) mass is 446 g/mol. The van der Waals surface area contributed by atoms with E-state index in [0.29, 0.717) is 30.1 Å². The van der Waals surface area contributed by atoms with Gasteiger partial charge in [0.05, 0.1) is 6.04 Å².